The Morgan fingerprint density at radius 2 is 1.79 bits per heavy atom. The number of benzene rings is 2. The molecule has 0 spiro atoms. The fraction of sp³-hybridized carbons (Fsp3) is 0.273. The van der Waals surface area contributed by atoms with Crippen molar-refractivity contribution >= 4 is 17.3 Å². The number of ether oxygens (including phenoxy) is 1. The zero-order valence-corrected chi connectivity index (χ0v) is 17.3. The molecule has 0 amide bonds. The average molecular weight is 395 g/mol. The second-order valence-corrected chi connectivity index (χ2v) is 7.60. The Labute approximate surface area is 170 Å². The maximum atomic E-state index is 6.01. The molecule has 0 atom stereocenters. The number of nitrogens with zero attached hydrogens (tertiary/aromatic N) is 2. The van der Waals surface area contributed by atoms with E-state index in [1.54, 1.807) is 18.4 Å². The summed E-state index contributed by atoms with van der Waals surface area (Å²) in [6.45, 7) is 5.98. The molecule has 1 heterocycles. The number of guanidine groups is 1. The topological polar surface area (TPSA) is 58.5 Å². The first-order chi connectivity index (χ1) is 13.7. The number of thiazole rings is 1. The van der Waals surface area contributed by atoms with Gasteiger partial charge in [-0.3, -0.25) is 4.99 Å². The van der Waals surface area contributed by atoms with Crippen LogP contribution in [0.4, 0.5) is 0 Å². The normalized spacial score (nSPS) is 11.3. The van der Waals surface area contributed by atoms with Crippen LogP contribution in [0.2, 0.25) is 0 Å². The molecule has 3 aromatic rings. The number of para-hydroxylation sites is 1. The minimum absolute atomic E-state index is 0.542. The van der Waals surface area contributed by atoms with E-state index in [-0.39, 0.29) is 0 Å². The van der Waals surface area contributed by atoms with Gasteiger partial charge in [-0.05, 0) is 25.5 Å². The Bertz CT molecular complexity index is 902. The van der Waals surface area contributed by atoms with Crippen molar-refractivity contribution in [2.75, 3.05) is 20.2 Å². The molecule has 0 aliphatic rings. The van der Waals surface area contributed by atoms with Crippen LogP contribution in [-0.4, -0.2) is 31.1 Å². The van der Waals surface area contributed by atoms with Gasteiger partial charge in [0.05, 0.1) is 18.8 Å². The van der Waals surface area contributed by atoms with Gasteiger partial charge in [0.15, 0.2) is 5.96 Å². The van der Waals surface area contributed by atoms with Gasteiger partial charge in [0, 0.05) is 17.5 Å². The molecule has 0 unspecified atom stereocenters. The molecule has 1 aromatic heterocycles. The van der Waals surface area contributed by atoms with E-state index in [0.717, 1.165) is 33.5 Å². The maximum Gasteiger partial charge on any atom is 0.191 e. The molecule has 0 aliphatic heterocycles. The van der Waals surface area contributed by atoms with E-state index in [4.69, 9.17) is 4.74 Å². The molecule has 2 aromatic carbocycles. The molecule has 0 aliphatic carbocycles. The number of rotatable bonds is 7. The number of nitrogens with one attached hydrogen (secondary N) is 2. The fourth-order valence-electron chi connectivity index (χ4n) is 2.77. The fourth-order valence-corrected chi connectivity index (χ4v) is 3.65. The molecule has 0 saturated heterocycles. The third-order valence-corrected chi connectivity index (χ3v) is 5.40. The number of aryl methyl sites for hydroxylation is 2. The Balaban J connectivity index is 1.49. The van der Waals surface area contributed by atoms with Crippen molar-refractivity contribution in [3.8, 4) is 16.9 Å². The molecule has 5 nitrogen and oxygen atoms in total. The summed E-state index contributed by atoms with van der Waals surface area (Å²) in [5, 5.41) is 7.64. The summed E-state index contributed by atoms with van der Waals surface area (Å²) in [6, 6.07) is 18.4. The van der Waals surface area contributed by atoms with E-state index in [2.05, 4.69) is 45.7 Å². The summed E-state index contributed by atoms with van der Waals surface area (Å²) >= 11 is 1.71. The third-order valence-electron chi connectivity index (χ3n) is 4.33. The van der Waals surface area contributed by atoms with E-state index in [1.807, 2.05) is 43.3 Å². The van der Waals surface area contributed by atoms with Crippen molar-refractivity contribution in [3.63, 3.8) is 0 Å². The van der Waals surface area contributed by atoms with Gasteiger partial charge in [0.2, 0.25) is 0 Å². The molecule has 2 N–H and O–H groups in total. The van der Waals surface area contributed by atoms with Gasteiger partial charge in [-0.25, -0.2) is 4.98 Å². The summed E-state index contributed by atoms with van der Waals surface area (Å²) in [5.74, 6) is 1.62. The Morgan fingerprint density at radius 1 is 1.04 bits per heavy atom. The van der Waals surface area contributed by atoms with E-state index in [1.165, 1.54) is 4.88 Å². The summed E-state index contributed by atoms with van der Waals surface area (Å²) in [7, 11) is 1.76. The number of hydrogen-bond acceptors (Lipinski definition) is 4. The monoisotopic (exact) mass is 394 g/mol. The van der Waals surface area contributed by atoms with Gasteiger partial charge < -0.3 is 15.4 Å². The van der Waals surface area contributed by atoms with Gasteiger partial charge in [0.25, 0.3) is 0 Å². The van der Waals surface area contributed by atoms with Crippen molar-refractivity contribution in [2.24, 2.45) is 4.99 Å². The highest BCUT2D eigenvalue weighted by Gasteiger charge is 2.06. The molecule has 0 radical (unpaired) electrons. The van der Waals surface area contributed by atoms with Crippen LogP contribution in [0, 0.1) is 13.8 Å². The van der Waals surface area contributed by atoms with Gasteiger partial charge in [-0.15, -0.1) is 11.3 Å². The maximum absolute atomic E-state index is 6.01. The first kappa shape index (κ1) is 19.9. The Hall–Kier alpha value is -2.86. The second-order valence-electron chi connectivity index (χ2n) is 6.31. The quantitative estimate of drug-likeness (QED) is 0.359. The molecule has 28 heavy (non-hydrogen) atoms. The summed E-state index contributed by atoms with van der Waals surface area (Å²) < 4.78 is 6.01. The van der Waals surface area contributed by atoms with E-state index in [9.17, 15) is 0 Å². The summed E-state index contributed by atoms with van der Waals surface area (Å²) in [5.41, 5.74) is 3.34. The van der Waals surface area contributed by atoms with Crippen molar-refractivity contribution in [1.82, 2.24) is 15.6 Å². The molecule has 0 fully saturated rings. The van der Waals surface area contributed by atoms with E-state index in [0.29, 0.717) is 19.7 Å². The lowest BCUT2D eigenvalue weighted by Gasteiger charge is -2.14. The van der Waals surface area contributed by atoms with Gasteiger partial charge >= 0.3 is 0 Å². The van der Waals surface area contributed by atoms with Crippen molar-refractivity contribution in [1.29, 1.82) is 0 Å². The molecule has 0 saturated carbocycles. The Kier molecular flexibility index (Phi) is 7.03. The van der Waals surface area contributed by atoms with Gasteiger partial charge in [-0.1, -0.05) is 48.5 Å². The largest absolute Gasteiger partial charge is 0.491 e. The molecule has 0 bridgehead atoms. The zero-order chi connectivity index (χ0) is 19.8. The number of aromatic nitrogens is 1. The lowest BCUT2D eigenvalue weighted by atomic mass is 10.1. The number of aliphatic imine (C=N–C) groups is 1. The highest BCUT2D eigenvalue weighted by atomic mass is 32.1. The number of hydrogen-bond donors (Lipinski definition) is 2. The van der Waals surface area contributed by atoms with Gasteiger partial charge in [0.1, 0.15) is 17.4 Å². The van der Waals surface area contributed by atoms with Crippen LogP contribution < -0.4 is 15.4 Å². The van der Waals surface area contributed by atoms with Crippen LogP contribution in [0.1, 0.15) is 15.6 Å². The summed E-state index contributed by atoms with van der Waals surface area (Å²) in [4.78, 5) is 10.1. The highest BCUT2D eigenvalue weighted by molar-refractivity contribution is 7.11. The van der Waals surface area contributed by atoms with Crippen molar-refractivity contribution in [3.05, 3.63) is 70.2 Å². The van der Waals surface area contributed by atoms with Crippen LogP contribution >= 0.6 is 11.3 Å². The molecular formula is C22H26N4OS. The lowest BCUT2D eigenvalue weighted by molar-refractivity contribution is 0.323. The van der Waals surface area contributed by atoms with Crippen molar-refractivity contribution < 1.29 is 4.74 Å². The SMILES string of the molecule is CN=C(NCCOc1ccccc1-c1ccccc1)NCc1nc(C)c(C)s1. The first-order valence-electron chi connectivity index (χ1n) is 9.32. The first-order valence-corrected chi connectivity index (χ1v) is 10.1. The Morgan fingerprint density at radius 3 is 2.50 bits per heavy atom. The van der Waals surface area contributed by atoms with Crippen molar-refractivity contribution in [2.45, 2.75) is 20.4 Å². The molecular weight excluding hydrogens is 368 g/mol. The predicted octanol–water partition coefficient (Wildman–Crippen LogP) is 4.17. The average Bonchev–Trinajstić information content (AvgIpc) is 3.06. The van der Waals surface area contributed by atoms with E-state index < -0.39 is 0 Å². The van der Waals surface area contributed by atoms with Crippen LogP contribution in [0.25, 0.3) is 11.1 Å². The van der Waals surface area contributed by atoms with Crippen LogP contribution in [0.3, 0.4) is 0 Å². The molecule has 3 rings (SSSR count). The second kappa shape index (κ2) is 9.90. The molecule has 146 valence electrons. The summed E-state index contributed by atoms with van der Waals surface area (Å²) in [6.07, 6.45) is 0. The van der Waals surface area contributed by atoms with Gasteiger partial charge in [-0.2, -0.15) is 0 Å². The zero-order valence-electron chi connectivity index (χ0n) is 16.5. The predicted molar refractivity (Wildman–Crippen MR) is 117 cm³/mol. The minimum atomic E-state index is 0.542. The van der Waals surface area contributed by atoms with E-state index >= 15 is 0 Å². The minimum Gasteiger partial charge on any atom is -0.491 e. The standard InChI is InChI=1S/C22H26N4OS/c1-16-17(2)28-21(26-16)15-25-22(23-3)24-13-14-27-20-12-8-7-11-19(20)18-9-5-4-6-10-18/h4-12H,13-15H2,1-3H3,(H2,23,24,25). The van der Waals surface area contributed by atoms with Crippen LogP contribution in [0.15, 0.2) is 59.6 Å². The lowest BCUT2D eigenvalue weighted by Crippen LogP contribution is -2.38. The molecule has 6 heteroatoms. The smallest absolute Gasteiger partial charge is 0.191 e. The van der Waals surface area contributed by atoms with Crippen LogP contribution in [-0.2, 0) is 6.54 Å². The highest BCUT2D eigenvalue weighted by Crippen LogP contribution is 2.29. The third kappa shape index (κ3) is 5.33. The van der Waals surface area contributed by atoms with Crippen LogP contribution in [0.5, 0.6) is 5.75 Å².